The summed E-state index contributed by atoms with van der Waals surface area (Å²) < 4.78 is 22.3. The molecule has 0 amide bonds. The molecule has 0 bridgehead atoms. The molecule has 0 radical (unpaired) electrons. The Bertz CT molecular complexity index is 861. The number of hydrogen-bond acceptors (Lipinski definition) is 8. The van der Waals surface area contributed by atoms with E-state index in [2.05, 4.69) is 15.0 Å². The number of carbonyl (C=O) groups is 1. The van der Waals surface area contributed by atoms with Gasteiger partial charge in [-0.3, -0.25) is 0 Å². The zero-order valence-corrected chi connectivity index (χ0v) is 16.2. The summed E-state index contributed by atoms with van der Waals surface area (Å²) >= 11 is 0. The van der Waals surface area contributed by atoms with E-state index in [1.54, 1.807) is 46.6 Å². The first-order valence-electron chi connectivity index (χ1n) is 8.23. The highest BCUT2D eigenvalue weighted by Crippen LogP contribution is 2.46. The first-order valence-corrected chi connectivity index (χ1v) is 8.23. The van der Waals surface area contributed by atoms with Crippen LogP contribution in [0, 0.1) is 0 Å². The van der Waals surface area contributed by atoms with E-state index in [4.69, 9.17) is 18.9 Å². The van der Waals surface area contributed by atoms with Gasteiger partial charge >= 0.3 is 5.97 Å². The number of nitrogens with zero attached hydrogens (tertiary/aromatic N) is 1. The van der Waals surface area contributed by atoms with E-state index in [9.17, 15) is 4.79 Å². The lowest BCUT2D eigenvalue weighted by Gasteiger charge is -2.19. The molecule has 0 N–H and O–H groups in total. The molecule has 0 saturated heterocycles. The summed E-state index contributed by atoms with van der Waals surface area (Å²) in [7, 11) is 6.25. The van der Waals surface area contributed by atoms with Gasteiger partial charge in [0.2, 0.25) is 0 Å². The minimum absolute atomic E-state index is 0.485. The topological polar surface area (TPSA) is 84.8 Å². The average molecular weight is 377 g/mol. The van der Waals surface area contributed by atoms with Crippen molar-refractivity contribution in [3.63, 3.8) is 0 Å². The van der Waals surface area contributed by atoms with Crippen molar-refractivity contribution in [1.82, 2.24) is 0 Å². The van der Waals surface area contributed by atoms with E-state index in [0.29, 0.717) is 51.5 Å². The predicted molar refractivity (Wildman–Crippen MR) is 99.8 cm³/mol. The third kappa shape index (κ3) is 3.99. The Balaban J connectivity index is 2.82. The number of ether oxygens (including phenoxy) is 4. The first kappa shape index (κ1) is 20.2. The van der Waals surface area contributed by atoms with Gasteiger partial charge in [0, 0.05) is 12.5 Å². The summed E-state index contributed by atoms with van der Waals surface area (Å²) in [6.45, 7) is 3.10. The number of rotatable bonds is 8. The SMILES string of the molecule is CCC(=NOOC(C)=O)c1cc(OC)c2c(OC)ccc(OC)c2c1OC. The van der Waals surface area contributed by atoms with Crippen molar-refractivity contribution in [3.8, 4) is 23.0 Å². The predicted octanol–water partition coefficient (Wildman–Crippen LogP) is 3.48. The fraction of sp³-hybridized carbons (Fsp3) is 0.368. The van der Waals surface area contributed by atoms with Crippen molar-refractivity contribution < 1.29 is 33.6 Å². The minimum atomic E-state index is -0.608. The molecule has 0 spiro atoms. The van der Waals surface area contributed by atoms with Gasteiger partial charge < -0.3 is 18.9 Å². The Morgan fingerprint density at radius 1 is 0.926 bits per heavy atom. The molecule has 0 aromatic heterocycles. The van der Waals surface area contributed by atoms with Gasteiger partial charge in [-0.15, -0.1) is 0 Å². The Morgan fingerprint density at radius 2 is 1.52 bits per heavy atom. The molecule has 2 aromatic rings. The van der Waals surface area contributed by atoms with Crippen molar-refractivity contribution in [3.05, 3.63) is 23.8 Å². The van der Waals surface area contributed by atoms with Gasteiger partial charge in [0.25, 0.3) is 0 Å². The highest BCUT2D eigenvalue weighted by Gasteiger charge is 2.23. The summed E-state index contributed by atoms with van der Waals surface area (Å²) in [6.07, 6.45) is 0.485. The third-order valence-electron chi connectivity index (χ3n) is 3.93. The van der Waals surface area contributed by atoms with Crippen LogP contribution in [0.2, 0.25) is 0 Å². The zero-order valence-electron chi connectivity index (χ0n) is 16.2. The van der Waals surface area contributed by atoms with E-state index < -0.39 is 5.97 Å². The molecule has 0 fully saturated rings. The second-order valence-corrected chi connectivity index (χ2v) is 5.42. The molecule has 2 aromatic carbocycles. The van der Waals surface area contributed by atoms with E-state index in [-0.39, 0.29) is 0 Å². The molecule has 0 aliphatic heterocycles. The van der Waals surface area contributed by atoms with Crippen LogP contribution in [0.3, 0.4) is 0 Å². The number of methoxy groups -OCH3 is 4. The highest BCUT2D eigenvalue weighted by atomic mass is 17.3. The molecule has 8 heteroatoms. The summed E-state index contributed by atoms with van der Waals surface area (Å²) in [5, 5.41) is 5.28. The average Bonchev–Trinajstić information content (AvgIpc) is 2.68. The monoisotopic (exact) mass is 377 g/mol. The number of carbonyl (C=O) groups excluding carboxylic acids is 1. The van der Waals surface area contributed by atoms with Gasteiger partial charge in [-0.1, -0.05) is 6.92 Å². The lowest BCUT2D eigenvalue weighted by atomic mass is 9.98. The van der Waals surface area contributed by atoms with Gasteiger partial charge in [0.05, 0.1) is 44.9 Å². The van der Waals surface area contributed by atoms with Crippen LogP contribution >= 0.6 is 0 Å². The fourth-order valence-corrected chi connectivity index (χ4v) is 2.79. The molecule has 0 aliphatic carbocycles. The Hall–Kier alpha value is -3.16. The van der Waals surface area contributed by atoms with Crippen molar-refractivity contribution >= 4 is 22.5 Å². The lowest BCUT2D eigenvalue weighted by Crippen LogP contribution is -2.07. The minimum Gasteiger partial charge on any atom is -0.496 e. The molecule has 0 aliphatic rings. The van der Waals surface area contributed by atoms with Crippen LogP contribution in [0.4, 0.5) is 0 Å². The largest absolute Gasteiger partial charge is 0.496 e. The second kappa shape index (κ2) is 8.98. The maximum absolute atomic E-state index is 10.9. The first-order chi connectivity index (χ1) is 13.0. The molecule has 0 saturated carbocycles. The molecule has 0 heterocycles. The molecular weight excluding hydrogens is 354 g/mol. The van der Waals surface area contributed by atoms with E-state index in [1.165, 1.54) is 6.92 Å². The summed E-state index contributed by atoms with van der Waals surface area (Å²) in [5.41, 5.74) is 1.11. The van der Waals surface area contributed by atoms with Crippen LogP contribution in [0.5, 0.6) is 23.0 Å². The van der Waals surface area contributed by atoms with Crippen LogP contribution in [-0.4, -0.2) is 40.1 Å². The normalized spacial score (nSPS) is 11.1. The molecule has 2 rings (SSSR count). The van der Waals surface area contributed by atoms with Crippen molar-refractivity contribution in [2.75, 3.05) is 28.4 Å². The van der Waals surface area contributed by atoms with Crippen molar-refractivity contribution in [2.45, 2.75) is 20.3 Å². The smallest absolute Gasteiger partial charge is 0.354 e. The Kier molecular flexibility index (Phi) is 6.70. The van der Waals surface area contributed by atoms with E-state index in [0.717, 1.165) is 0 Å². The van der Waals surface area contributed by atoms with Gasteiger partial charge in [-0.2, -0.15) is 4.99 Å². The van der Waals surface area contributed by atoms with Gasteiger partial charge in [-0.25, -0.2) is 9.68 Å². The zero-order chi connectivity index (χ0) is 20.0. The molecule has 0 unspecified atom stereocenters. The standard InChI is InChI=1S/C19H23NO7/c1-7-13(20-27-26-11(2)21)12-10-16(24-5)17-14(22-3)8-9-15(23-4)18(17)19(12)25-6/h8-10H,7H2,1-6H3. The van der Waals surface area contributed by atoms with Gasteiger partial charge in [0.1, 0.15) is 23.0 Å². The molecule has 27 heavy (non-hydrogen) atoms. The quantitative estimate of drug-likeness (QED) is 0.395. The number of hydrogen-bond donors (Lipinski definition) is 0. The van der Waals surface area contributed by atoms with Crippen LogP contribution in [0.15, 0.2) is 23.4 Å². The van der Waals surface area contributed by atoms with Gasteiger partial charge in [-0.05, 0) is 29.8 Å². The van der Waals surface area contributed by atoms with Crippen molar-refractivity contribution in [1.29, 1.82) is 0 Å². The summed E-state index contributed by atoms with van der Waals surface area (Å²) in [4.78, 5) is 20.0. The van der Waals surface area contributed by atoms with Crippen LogP contribution < -0.4 is 18.9 Å². The number of fused-ring (bicyclic) bond motifs is 1. The molecular formula is C19H23NO7. The number of benzene rings is 2. The second-order valence-electron chi connectivity index (χ2n) is 5.42. The summed E-state index contributed by atoms with van der Waals surface area (Å²) in [6, 6.07) is 5.34. The fourth-order valence-electron chi connectivity index (χ4n) is 2.79. The van der Waals surface area contributed by atoms with Crippen LogP contribution in [-0.2, 0) is 14.7 Å². The van der Waals surface area contributed by atoms with Crippen LogP contribution in [0.1, 0.15) is 25.8 Å². The Labute approximate surface area is 157 Å². The Morgan fingerprint density at radius 3 is 2.00 bits per heavy atom. The van der Waals surface area contributed by atoms with E-state index >= 15 is 0 Å². The molecule has 0 atom stereocenters. The highest BCUT2D eigenvalue weighted by molar-refractivity contribution is 6.12. The third-order valence-corrected chi connectivity index (χ3v) is 3.93. The van der Waals surface area contributed by atoms with Crippen LogP contribution in [0.25, 0.3) is 10.8 Å². The van der Waals surface area contributed by atoms with Gasteiger partial charge in [0.15, 0.2) is 0 Å². The molecule has 8 nitrogen and oxygen atoms in total. The maximum Gasteiger partial charge on any atom is 0.354 e. The molecule has 146 valence electrons. The summed E-state index contributed by atoms with van der Waals surface area (Å²) in [5.74, 6) is 1.64. The lowest BCUT2D eigenvalue weighted by molar-refractivity contribution is -0.271. The maximum atomic E-state index is 10.9. The number of oxime groups is 1. The van der Waals surface area contributed by atoms with E-state index in [1.807, 2.05) is 6.92 Å². The van der Waals surface area contributed by atoms with Crippen molar-refractivity contribution in [2.24, 2.45) is 5.16 Å².